The molecule has 1 atom stereocenters. The molecule has 0 bridgehead atoms. The molecule has 0 heterocycles. The fourth-order valence-electron chi connectivity index (χ4n) is 13.3. The molecule has 0 rings (SSSR count). The van der Waals surface area contributed by atoms with Gasteiger partial charge in [0.1, 0.15) is 12.7 Å². The van der Waals surface area contributed by atoms with Crippen LogP contribution in [-0.2, 0) is 23.9 Å². The molecule has 0 radical (unpaired) electrons. The zero-order valence-corrected chi connectivity index (χ0v) is 61.4. The van der Waals surface area contributed by atoms with Crippen LogP contribution in [0.2, 0.25) is 0 Å². The number of amides is 2. The standard InChI is InChI=1S/C82H160N2O5/c1-7-11-15-19-23-27-31-35-39-43-47-51-55-59-63-67-71-83(72-68-64-60-56-52-48-44-40-36-32-28-24-20-16-12-8-2)80(85)77-79(88-75-76-89-82(87)78(5)6)81(86)84(73-69-65-61-57-53-49-45-41-37-33-29-25-21-17-13-9-3)74-70-66-62-58-54-50-46-42-38-34-30-26-22-18-14-10-4/h79H,5,7-77H2,1-4,6H3. The first kappa shape index (κ1) is 87.1. The van der Waals surface area contributed by atoms with E-state index in [1.165, 1.54) is 360 Å². The Kier molecular flexibility index (Phi) is 72.0. The fraction of sp³-hybridized carbons (Fsp3) is 0.939. The van der Waals surface area contributed by atoms with E-state index < -0.39 is 12.1 Å². The second-order valence-corrected chi connectivity index (χ2v) is 28.4. The van der Waals surface area contributed by atoms with Gasteiger partial charge in [-0.1, -0.05) is 420 Å². The number of ether oxygens (including phenoxy) is 2. The Bertz CT molecular complexity index is 1380. The van der Waals surface area contributed by atoms with E-state index in [0.29, 0.717) is 18.7 Å². The first-order chi connectivity index (χ1) is 43.8. The van der Waals surface area contributed by atoms with Crippen molar-refractivity contribution in [3.63, 3.8) is 0 Å². The molecule has 89 heavy (non-hydrogen) atoms. The summed E-state index contributed by atoms with van der Waals surface area (Å²) in [6.45, 7) is 17.6. The minimum atomic E-state index is -0.896. The highest BCUT2D eigenvalue weighted by Crippen LogP contribution is 2.21. The normalized spacial score (nSPS) is 11.9. The van der Waals surface area contributed by atoms with Gasteiger partial charge in [0.2, 0.25) is 5.91 Å². The lowest BCUT2D eigenvalue weighted by Crippen LogP contribution is -2.45. The molecule has 0 spiro atoms. The zero-order valence-electron chi connectivity index (χ0n) is 61.4. The Morgan fingerprint density at radius 2 is 0.472 bits per heavy atom. The van der Waals surface area contributed by atoms with Crippen LogP contribution >= 0.6 is 0 Å². The van der Waals surface area contributed by atoms with Gasteiger partial charge in [-0.3, -0.25) is 9.59 Å². The molecule has 2 amide bonds. The average molecular weight is 1250 g/mol. The largest absolute Gasteiger partial charge is 0.460 e. The van der Waals surface area contributed by atoms with Crippen molar-refractivity contribution in [1.29, 1.82) is 0 Å². The van der Waals surface area contributed by atoms with Crippen molar-refractivity contribution in [2.24, 2.45) is 0 Å². The van der Waals surface area contributed by atoms with E-state index in [1.807, 2.05) is 0 Å². The predicted molar refractivity (Wildman–Crippen MR) is 391 cm³/mol. The van der Waals surface area contributed by atoms with Gasteiger partial charge in [-0.15, -0.1) is 0 Å². The van der Waals surface area contributed by atoms with Crippen LogP contribution in [0.25, 0.3) is 0 Å². The number of nitrogens with zero attached hydrogens (tertiary/aromatic N) is 2. The van der Waals surface area contributed by atoms with E-state index in [9.17, 15) is 14.4 Å². The van der Waals surface area contributed by atoms with Gasteiger partial charge in [0, 0.05) is 31.8 Å². The van der Waals surface area contributed by atoms with Gasteiger partial charge in [-0.05, 0) is 32.6 Å². The van der Waals surface area contributed by atoms with Crippen LogP contribution in [0.5, 0.6) is 0 Å². The molecule has 7 heteroatoms. The highest BCUT2D eigenvalue weighted by molar-refractivity contribution is 5.88. The minimum absolute atomic E-state index is 0.0318. The molecule has 0 fully saturated rings. The maximum absolute atomic E-state index is 15.0. The molecule has 7 nitrogen and oxygen atoms in total. The van der Waals surface area contributed by atoms with Crippen LogP contribution < -0.4 is 0 Å². The average Bonchev–Trinajstić information content (AvgIpc) is 3.62. The Hall–Kier alpha value is -1.89. The molecule has 1 unspecified atom stereocenters. The van der Waals surface area contributed by atoms with Crippen molar-refractivity contribution in [2.75, 3.05) is 39.4 Å². The van der Waals surface area contributed by atoms with E-state index in [0.717, 1.165) is 64.5 Å². The van der Waals surface area contributed by atoms with Crippen molar-refractivity contribution in [3.8, 4) is 0 Å². The Morgan fingerprint density at radius 1 is 0.281 bits per heavy atom. The van der Waals surface area contributed by atoms with Crippen LogP contribution in [0.15, 0.2) is 12.2 Å². The molecule has 0 aliphatic carbocycles. The number of hydrogen-bond donors (Lipinski definition) is 0. The van der Waals surface area contributed by atoms with Crippen LogP contribution in [0, 0.1) is 0 Å². The molecule has 0 aromatic heterocycles. The van der Waals surface area contributed by atoms with E-state index in [-0.39, 0.29) is 31.4 Å². The number of carbonyl (C=O) groups excluding carboxylic acids is 3. The maximum atomic E-state index is 15.0. The van der Waals surface area contributed by atoms with E-state index in [4.69, 9.17) is 9.47 Å². The second-order valence-electron chi connectivity index (χ2n) is 28.4. The fourth-order valence-corrected chi connectivity index (χ4v) is 13.3. The highest BCUT2D eigenvalue weighted by atomic mass is 16.6. The summed E-state index contributed by atoms with van der Waals surface area (Å²) in [6.07, 6.45) is 83.9. The zero-order chi connectivity index (χ0) is 64.7. The van der Waals surface area contributed by atoms with Gasteiger partial charge >= 0.3 is 5.97 Å². The number of unbranched alkanes of at least 4 members (excludes halogenated alkanes) is 60. The summed E-state index contributed by atoms with van der Waals surface area (Å²) in [4.78, 5) is 46.2. The van der Waals surface area contributed by atoms with E-state index in [1.54, 1.807) is 6.92 Å². The number of esters is 1. The van der Waals surface area contributed by atoms with E-state index >= 15 is 0 Å². The minimum Gasteiger partial charge on any atom is -0.460 e. The molecular formula is C82H160N2O5. The molecular weight excluding hydrogens is 1090 g/mol. The second kappa shape index (κ2) is 73.5. The predicted octanol–water partition coefficient (Wildman–Crippen LogP) is 26.6. The summed E-state index contributed by atoms with van der Waals surface area (Å²) in [7, 11) is 0. The Labute approximate surface area is 558 Å². The van der Waals surface area contributed by atoms with E-state index in [2.05, 4.69) is 44.1 Å². The number of carbonyl (C=O) groups is 3. The number of hydrogen-bond acceptors (Lipinski definition) is 5. The topological polar surface area (TPSA) is 76.1 Å². The maximum Gasteiger partial charge on any atom is 0.333 e. The molecule has 528 valence electrons. The van der Waals surface area contributed by atoms with Gasteiger partial charge in [-0.25, -0.2) is 4.79 Å². The van der Waals surface area contributed by atoms with Crippen molar-refractivity contribution < 1.29 is 23.9 Å². The van der Waals surface area contributed by atoms with Crippen molar-refractivity contribution in [1.82, 2.24) is 9.80 Å². The third-order valence-corrected chi connectivity index (χ3v) is 19.4. The highest BCUT2D eigenvalue weighted by Gasteiger charge is 2.29. The summed E-state index contributed by atoms with van der Waals surface area (Å²) in [6, 6.07) is 0. The van der Waals surface area contributed by atoms with Gasteiger partial charge in [-0.2, -0.15) is 0 Å². The summed E-state index contributed by atoms with van der Waals surface area (Å²) in [5.74, 6) is -0.477. The van der Waals surface area contributed by atoms with Crippen LogP contribution in [0.4, 0.5) is 0 Å². The Morgan fingerprint density at radius 3 is 0.674 bits per heavy atom. The molecule has 0 N–H and O–H groups in total. The van der Waals surface area contributed by atoms with Crippen LogP contribution in [0.1, 0.15) is 452 Å². The summed E-state index contributed by atoms with van der Waals surface area (Å²) in [5.41, 5.74) is 0.343. The van der Waals surface area contributed by atoms with Gasteiger partial charge in [0.25, 0.3) is 5.91 Å². The van der Waals surface area contributed by atoms with Crippen LogP contribution in [0.3, 0.4) is 0 Å². The lowest BCUT2D eigenvalue weighted by molar-refractivity contribution is -0.152. The summed E-state index contributed by atoms with van der Waals surface area (Å²) in [5, 5.41) is 0. The molecule has 0 aliphatic rings. The summed E-state index contributed by atoms with van der Waals surface area (Å²) < 4.78 is 11.9. The Balaban J connectivity index is 5.73. The lowest BCUT2D eigenvalue weighted by atomic mass is 10.0. The third kappa shape index (κ3) is 64.6. The first-order valence-electron chi connectivity index (χ1n) is 40.8. The quantitative estimate of drug-likeness (QED) is 0.0345. The monoisotopic (exact) mass is 1250 g/mol. The first-order valence-corrected chi connectivity index (χ1v) is 40.8. The number of rotatable bonds is 76. The van der Waals surface area contributed by atoms with Crippen molar-refractivity contribution in [3.05, 3.63) is 12.2 Å². The molecule has 0 saturated heterocycles. The molecule has 0 aromatic carbocycles. The molecule has 0 aliphatic heterocycles. The lowest BCUT2D eigenvalue weighted by Gasteiger charge is -2.30. The third-order valence-electron chi connectivity index (χ3n) is 19.4. The smallest absolute Gasteiger partial charge is 0.333 e. The van der Waals surface area contributed by atoms with Crippen molar-refractivity contribution in [2.45, 2.75) is 458 Å². The van der Waals surface area contributed by atoms with Gasteiger partial charge in [0.15, 0.2) is 0 Å². The van der Waals surface area contributed by atoms with Crippen molar-refractivity contribution >= 4 is 17.8 Å². The molecule has 0 aromatic rings. The molecule has 0 saturated carbocycles. The van der Waals surface area contributed by atoms with Gasteiger partial charge < -0.3 is 19.3 Å². The van der Waals surface area contributed by atoms with Crippen LogP contribution in [-0.4, -0.2) is 73.1 Å². The summed E-state index contributed by atoms with van der Waals surface area (Å²) >= 11 is 0. The van der Waals surface area contributed by atoms with Gasteiger partial charge in [0.05, 0.1) is 13.0 Å². The SMILES string of the molecule is C=C(C)C(=O)OCCOC(CC(=O)N(CCCCCCCCCCCCCCCCCC)CCCCCCCCCCCCCCCCCC)C(=O)N(CCCCCCCCCCCCCCCCCC)CCCCCCCCCCCCCCCCCC.